The van der Waals surface area contributed by atoms with E-state index in [1.807, 2.05) is 34.6 Å². The van der Waals surface area contributed by atoms with Gasteiger partial charge in [-0.1, -0.05) is 32.2 Å². The van der Waals surface area contributed by atoms with Gasteiger partial charge in [-0.05, 0) is 27.7 Å². The molecule has 0 aromatic rings. The Bertz CT molecular complexity index is 768. The molecule has 35 heavy (non-hydrogen) atoms. The number of hydroxylamine groups is 2. The van der Waals surface area contributed by atoms with Crippen LogP contribution < -0.4 is 0 Å². The van der Waals surface area contributed by atoms with E-state index in [-0.39, 0.29) is 25.8 Å². The van der Waals surface area contributed by atoms with Crippen LogP contribution in [0.5, 0.6) is 0 Å². The molecule has 0 amide bonds. The van der Waals surface area contributed by atoms with Gasteiger partial charge in [-0.2, -0.15) is 5.06 Å². The van der Waals surface area contributed by atoms with Gasteiger partial charge in [-0.3, -0.25) is 9.63 Å². The Labute approximate surface area is 207 Å². The van der Waals surface area contributed by atoms with Crippen molar-refractivity contribution in [2.45, 2.75) is 77.4 Å². The van der Waals surface area contributed by atoms with Gasteiger partial charge >= 0.3 is 17.9 Å². The lowest BCUT2D eigenvalue weighted by Gasteiger charge is -2.59. The van der Waals surface area contributed by atoms with E-state index in [1.54, 1.807) is 5.06 Å². The zero-order valence-corrected chi connectivity index (χ0v) is 21.7. The number of carbonyl (C=O) groups is 3. The molecule has 0 N–H and O–H groups in total. The Morgan fingerprint density at radius 3 is 1.74 bits per heavy atom. The van der Waals surface area contributed by atoms with Gasteiger partial charge in [0.15, 0.2) is 5.79 Å². The van der Waals surface area contributed by atoms with Crippen molar-refractivity contribution in [1.82, 2.24) is 5.06 Å². The number of carbonyl (C=O) groups excluding carboxylic acids is 3. The predicted octanol–water partition coefficient (Wildman–Crippen LogP) is 2.71. The average molecular weight is 498 g/mol. The van der Waals surface area contributed by atoms with Crippen LogP contribution in [0.2, 0.25) is 0 Å². The topological polar surface area (TPSA) is 110 Å². The molecule has 2 heterocycles. The summed E-state index contributed by atoms with van der Waals surface area (Å²) in [5.74, 6) is -3.02. The molecule has 2 saturated heterocycles. The molecule has 10 heteroatoms. The number of hydrogen-bond acceptors (Lipinski definition) is 10. The third-order valence-electron chi connectivity index (χ3n) is 5.82. The molecule has 198 valence electrons. The van der Waals surface area contributed by atoms with E-state index in [1.165, 1.54) is 19.1 Å². The van der Waals surface area contributed by atoms with Crippen LogP contribution in [0.15, 0.2) is 25.3 Å². The first-order chi connectivity index (χ1) is 16.2. The van der Waals surface area contributed by atoms with E-state index < -0.39 is 40.3 Å². The van der Waals surface area contributed by atoms with Gasteiger partial charge in [-0.25, -0.2) is 9.59 Å². The lowest BCUT2D eigenvalue weighted by atomic mass is 9.77. The Morgan fingerprint density at radius 2 is 1.34 bits per heavy atom. The van der Waals surface area contributed by atoms with Crippen molar-refractivity contribution in [2.75, 3.05) is 33.0 Å². The SMILES string of the molecule is C=CCOC(=O)C(ON1C(C)(C)CC2(CC1(C)C)OCC(C)(COC(C)=O)CO2)C(=O)OCC=C. The fourth-order valence-electron chi connectivity index (χ4n) is 4.61. The maximum absolute atomic E-state index is 12.6. The number of rotatable bonds is 10. The normalized spacial score (nSPS) is 22.3. The molecule has 2 aliphatic heterocycles. The minimum atomic E-state index is -1.62. The highest BCUT2D eigenvalue weighted by Gasteiger charge is 2.58. The van der Waals surface area contributed by atoms with Crippen molar-refractivity contribution >= 4 is 17.9 Å². The second-order valence-corrected chi connectivity index (χ2v) is 10.7. The van der Waals surface area contributed by atoms with Crippen LogP contribution in [0.3, 0.4) is 0 Å². The highest BCUT2D eigenvalue weighted by Crippen LogP contribution is 2.49. The van der Waals surface area contributed by atoms with Crippen LogP contribution in [0.25, 0.3) is 0 Å². The van der Waals surface area contributed by atoms with Gasteiger partial charge in [0.25, 0.3) is 6.10 Å². The third kappa shape index (κ3) is 7.36. The van der Waals surface area contributed by atoms with E-state index in [4.69, 9.17) is 28.5 Å². The van der Waals surface area contributed by atoms with Crippen LogP contribution >= 0.6 is 0 Å². The molecule has 0 aromatic heterocycles. The smallest absolute Gasteiger partial charge is 0.349 e. The number of ether oxygens (including phenoxy) is 5. The van der Waals surface area contributed by atoms with E-state index in [0.29, 0.717) is 26.1 Å². The molecule has 0 aliphatic carbocycles. The summed E-state index contributed by atoms with van der Waals surface area (Å²) in [5, 5.41) is 1.62. The molecule has 0 bridgehead atoms. The van der Waals surface area contributed by atoms with Gasteiger partial charge in [0.2, 0.25) is 0 Å². The zero-order valence-electron chi connectivity index (χ0n) is 21.7. The van der Waals surface area contributed by atoms with Crippen molar-refractivity contribution in [3.63, 3.8) is 0 Å². The lowest BCUT2D eigenvalue weighted by molar-refractivity contribution is -0.386. The molecule has 10 nitrogen and oxygen atoms in total. The highest BCUT2D eigenvalue weighted by atomic mass is 16.7. The fraction of sp³-hybridized carbons (Fsp3) is 0.720. The number of hydrogen-bond donors (Lipinski definition) is 0. The summed E-state index contributed by atoms with van der Waals surface area (Å²) in [6.07, 6.45) is 1.96. The van der Waals surface area contributed by atoms with E-state index in [9.17, 15) is 14.4 Å². The van der Waals surface area contributed by atoms with Crippen molar-refractivity contribution in [1.29, 1.82) is 0 Å². The van der Waals surface area contributed by atoms with Gasteiger partial charge in [0.05, 0.1) is 13.2 Å². The molecule has 0 saturated carbocycles. The second-order valence-electron chi connectivity index (χ2n) is 10.7. The maximum Gasteiger partial charge on any atom is 0.349 e. The van der Waals surface area contributed by atoms with Gasteiger partial charge in [0, 0.05) is 36.3 Å². The molecular formula is C25H39NO9. The van der Waals surface area contributed by atoms with E-state index >= 15 is 0 Å². The molecule has 2 aliphatic rings. The van der Waals surface area contributed by atoms with Crippen LogP contribution in [-0.2, 0) is 42.9 Å². The monoisotopic (exact) mass is 497 g/mol. The van der Waals surface area contributed by atoms with Crippen molar-refractivity contribution in [3.05, 3.63) is 25.3 Å². The second kappa shape index (κ2) is 11.2. The fourth-order valence-corrected chi connectivity index (χ4v) is 4.61. The Balaban J connectivity index is 2.21. The summed E-state index contributed by atoms with van der Waals surface area (Å²) in [4.78, 5) is 42.5. The minimum Gasteiger partial charge on any atom is -0.465 e. The highest BCUT2D eigenvalue weighted by molar-refractivity contribution is 5.98. The summed E-state index contributed by atoms with van der Waals surface area (Å²) in [6, 6.07) is 0. The van der Waals surface area contributed by atoms with Gasteiger partial charge in [0.1, 0.15) is 19.8 Å². The summed E-state index contributed by atoms with van der Waals surface area (Å²) in [5.41, 5.74) is -1.91. The summed E-state index contributed by atoms with van der Waals surface area (Å²) in [6.45, 7) is 18.7. The van der Waals surface area contributed by atoms with Gasteiger partial charge < -0.3 is 23.7 Å². The molecule has 0 unspecified atom stereocenters. The van der Waals surface area contributed by atoms with Crippen molar-refractivity contribution in [2.24, 2.45) is 5.41 Å². The minimum absolute atomic E-state index is 0.0723. The molecule has 0 aromatic carbocycles. The molecule has 1 spiro atoms. The standard InChI is InChI=1S/C25H39NO9/c1-9-11-30-20(28)19(21(29)31-12-10-2)35-26-22(4,5)13-25(14-23(26,6)7)33-16-24(8,17-34-25)15-32-18(3)27/h9-10,19H,1-2,11-17H2,3-8H3. The Kier molecular flexibility index (Phi) is 9.27. The predicted molar refractivity (Wildman–Crippen MR) is 126 cm³/mol. The summed E-state index contributed by atoms with van der Waals surface area (Å²) in [7, 11) is 0. The largest absolute Gasteiger partial charge is 0.465 e. The number of nitrogens with zero attached hydrogens (tertiary/aromatic N) is 1. The summed E-state index contributed by atoms with van der Waals surface area (Å²) >= 11 is 0. The van der Waals surface area contributed by atoms with Crippen molar-refractivity contribution in [3.8, 4) is 0 Å². The lowest BCUT2D eigenvalue weighted by Crippen LogP contribution is -2.69. The van der Waals surface area contributed by atoms with E-state index in [2.05, 4.69) is 13.2 Å². The maximum atomic E-state index is 12.6. The third-order valence-corrected chi connectivity index (χ3v) is 5.82. The van der Waals surface area contributed by atoms with Crippen LogP contribution in [0.4, 0.5) is 0 Å². The average Bonchev–Trinajstić information content (AvgIpc) is 2.75. The Hall–Kier alpha value is -2.27. The number of piperidine rings is 1. The molecular weight excluding hydrogens is 458 g/mol. The first-order valence-corrected chi connectivity index (χ1v) is 11.6. The Morgan fingerprint density at radius 1 is 0.886 bits per heavy atom. The zero-order chi connectivity index (χ0) is 26.5. The number of esters is 3. The molecule has 0 radical (unpaired) electrons. The van der Waals surface area contributed by atoms with E-state index in [0.717, 1.165) is 0 Å². The van der Waals surface area contributed by atoms with Crippen LogP contribution in [-0.4, -0.2) is 79.0 Å². The van der Waals surface area contributed by atoms with Crippen LogP contribution in [0.1, 0.15) is 54.4 Å². The van der Waals surface area contributed by atoms with Crippen molar-refractivity contribution < 1.29 is 42.9 Å². The first kappa shape index (κ1) is 29.0. The molecule has 0 atom stereocenters. The van der Waals surface area contributed by atoms with Gasteiger partial charge in [-0.15, -0.1) is 0 Å². The molecule has 2 fully saturated rings. The summed E-state index contributed by atoms with van der Waals surface area (Å²) < 4.78 is 27.9. The molecule has 2 rings (SSSR count). The quantitative estimate of drug-likeness (QED) is 0.193. The van der Waals surface area contributed by atoms with Crippen LogP contribution in [0, 0.1) is 5.41 Å². The first-order valence-electron chi connectivity index (χ1n) is 11.6.